The largest absolute Gasteiger partial charge is 0.336 e. The Morgan fingerprint density at radius 2 is 2.10 bits per heavy atom. The van der Waals surface area contributed by atoms with Crippen molar-refractivity contribution < 1.29 is 14.5 Å². The lowest BCUT2D eigenvalue weighted by atomic mass is 10.2. The Balaban J connectivity index is 1.61. The molecule has 0 bridgehead atoms. The molecule has 1 saturated heterocycles. The van der Waals surface area contributed by atoms with Gasteiger partial charge in [-0.25, -0.2) is 4.79 Å². The zero-order valence-corrected chi connectivity index (χ0v) is 11.1. The molecule has 0 spiro atoms. The van der Waals surface area contributed by atoms with Crippen molar-refractivity contribution in [1.82, 2.24) is 5.32 Å². The molecule has 1 aromatic carbocycles. The van der Waals surface area contributed by atoms with Gasteiger partial charge in [0.2, 0.25) is 11.9 Å². The number of carbonyl (C=O) groups is 2. The van der Waals surface area contributed by atoms with Crippen molar-refractivity contribution in [2.75, 3.05) is 23.3 Å². The number of anilines is 2. The van der Waals surface area contributed by atoms with Crippen LogP contribution in [0.3, 0.4) is 0 Å². The number of rotatable bonds is 4. The van der Waals surface area contributed by atoms with Gasteiger partial charge in [-0.05, 0) is 24.3 Å². The third-order valence-electron chi connectivity index (χ3n) is 3.67. The molecular weight excluding hydrogens is 276 g/mol. The molecule has 2 N–H and O–H groups in total. The van der Waals surface area contributed by atoms with Gasteiger partial charge in [0.25, 0.3) is 0 Å². The summed E-state index contributed by atoms with van der Waals surface area (Å²) in [5.41, 5.74) is 1.31. The number of hydrogen-bond acceptors (Lipinski definition) is 4. The van der Waals surface area contributed by atoms with Crippen LogP contribution in [0.1, 0.15) is 6.42 Å². The van der Waals surface area contributed by atoms with Crippen molar-refractivity contribution in [2.45, 2.75) is 12.5 Å². The van der Waals surface area contributed by atoms with Crippen molar-refractivity contribution in [3.8, 4) is 0 Å². The van der Waals surface area contributed by atoms with Gasteiger partial charge in [-0.1, -0.05) is 0 Å². The highest BCUT2D eigenvalue weighted by molar-refractivity contribution is 5.96. The number of nitro groups is 1. The molecule has 3 amide bonds. The van der Waals surface area contributed by atoms with Crippen LogP contribution in [0.25, 0.3) is 0 Å². The van der Waals surface area contributed by atoms with Gasteiger partial charge >= 0.3 is 6.03 Å². The van der Waals surface area contributed by atoms with E-state index in [9.17, 15) is 19.7 Å². The number of nitrogens with one attached hydrogen (secondary N) is 2. The summed E-state index contributed by atoms with van der Waals surface area (Å²) in [7, 11) is 0. The number of urea groups is 1. The van der Waals surface area contributed by atoms with Crippen molar-refractivity contribution >= 4 is 23.3 Å². The number of hydrogen-bond donors (Lipinski definition) is 2. The number of benzene rings is 1. The Kier molecular flexibility index (Phi) is 3.20. The van der Waals surface area contributed by atoms with Crippen LogP contribution in [-0.4, -0.2) is 36.0 Å². The van der Waals surface area contributed by atoms with E-state index in [1.807, 2.05) is 0 Å². The van der Waals surface area contributed by atoms with Gasteiger partial charge in [0.05, 0.1) is 0 Å². The molecule has 21 heavy (non-hydrogen) atoms. The van der Waals surface area contributed by atoms with Crippen LogP contribution in [0.2, 0.25) is 0 Å². The monoisotopic (exact) mass is 290 g/mol. The van der Waals surface area contributed by atoms with Gasteiger partial charge in [-0.3, -0.25) is 19.8 Å². The summed E-state index contributed by atoms with van der Waals surface area (Å²) in [6, 6.07) is 5.94. The summed E-state index contributed by atoms with van der Waals surface area (Å²) >= 11 is 0. The Hall–Kier alpha value is -2.64. The maximum absolute atomic E-state index is 11.8. The first-order valence-corrected chi connectivity index (χ1v) is 6.66. The normalized spacial score (nSPS) is 23.6. The average Bonchev–Trinajstić information content (AvgIpc) is 3.16. The maximum atomic E-state index is 11.8. The molecule has 2 fully saturated rings. The van der Waals surface area contributed by atoms with E-state index in [0.717, 1.165) is 5.69 Å². The summed E-state index contributed by atoms with van der Waals surface area (Å²) in [6.07, 6.45) is 0.296. The van der Waals surface area contributed by atoms with Gasteiger partial charge in [0.15, 0.2) is 0 Å². The summed E-state index contributed by atoms with van der Waals surface area (Å²) in [4.78, 5) is 35.0. The SMILES string of the molecule is O=C(Nc1ccc(N2CCNC2=O)cc1)[C@H]1C[C@@H]1[N+](=O)[O-]. The van der Waals surface area contributed by atoms with Crippen molar-refractivity contribution in [2.24, 2.45) is 5.92 Å². The lowest BCUT2D eigenvalue weighted by Gasteiger charge is -2.14. The van der Waals surface area contributed by atoms with E-state index >= 15 is 0 Å². The standard InChI is InChI=1S/C13H14N4O4/c18-12(10-7-11(10)17(20)21)15-8-1-3-9(4-2-8)16-6-5-14-13(16)19/h1-4,10-11H,5-7H2,(H,14,19)(H,15,18)/t10-,11-/m0/s1. The van der Waals surface area contributed by atoms with Crippen molar-refractivity contribution in [1.29, 1.82) is 0 Å². The van der Waals surface area contributed by atoms with Gasteiger partial charge in [0, 0.05) is 35.8 Å². The second kappa shape index (κ2) is 5.04. The molecule has 0 radical (unpaired) electrons. The van der Waals surface area contributed by atoms with E-state index in [2.05, 4.69) is 10.6 Å². The molecule has 1 aromatic rings. The van der Waals surface area contributed by atoms with Crippen LogP contribution >= 0.6 is 0 Å². The third-order valence-corrected chi connectivity index (χ3v) is 3.67. The molecule has 3 rings (SSSR count). The van der Waals surface area contributed by atoms with Crippen LogP contribution in [0, 0.1) is 16.0 Å². The number of amides is 3. The lowest BCUT2D eigenvalue weighted by Crippen LogP contribution is -2.27. The number of nitrogens with zero attached hydrogens (tertiary/aromatic N) is 2. The summed E-state index contributed by atoms with van der Waals surface area (Å²) < 4.78 is 0. The van der Waals surface area contributed by atoms with Crippen LogP contribution < -0.4 is 15.5 Å². The van der Waals surface area contributed by atoms with Crippen molar-refractivity contribution in [3.05, 3.63) is 34.4 Å². The van der Waals surface area contributed by atoms with Gasteiger partial charge < -0.3 is 10.6 Å². The summed E-state index contributed by atoms with van der Waals surface area (Å²) in [5, 5.41) is 15.9. The second-order valence-corrected chi connectivity index (χ2v) is 5.11. The molecule has 8 nitrogen and oxygen atoms in total. The Labute approximate surface area is 120 Å². The minimum absolute atomic E-state index is 0.140. The zero-order valence-electron chi connectivity index (χ0n) is 11.1. The highest BCUT2D eigenvalue weighted by Gasteiger charge is 2.53. The zero-order chi connectivity index (χ0) is 15.0. The van der Waals surface area contributed by atoms with E-state index in [1.54, 1.807) is 29.2 Å². The highest BCUT2D eigenvalue weighted by Crippen LogP contribution is 2.34. The lowest BCUT2D eigenvalue weighted by molar-refractivity contribution is -0.497. The molecule has 1 aliphatic heterocycles. The first-order chi connectivity index (χ1) is 10.1. The van der Waals surface area contributed by atoms with E-state index in [4.69, 9.17) is 0 Å². The van der Waals surface area contributed by atoms with Gasteiger partial charge in [0.1, 0.15) is 5.92 Å². The minimum atomic E-state index is -0.752. The number of carbonyl (C=O) groups excluding carboxylic acids is 2. The predicted molar refractivity (Wildman–Crippen MR) is 74.7 cm³/mol. The molecule has 1 aliphatic carbocycles. The predicted octanol–water partition coefficient (Wildman–Crippen LogP) is 0.820. The Bertz CT molecular complexity index is 601. The topological polar surface area (TPSA) is 105 Å². The van der Waals surface area contributed by atoms with Crippen molar-refractivity contribution in [3.63, 3.8) is 0 Å². The molecule has 0 aromatic heterocycles. The second-order valence-electron chi connectivity index (χ2n) is 5.11. The first-order valence-electron chi connectivity index (χ1n) is 6.66. The first kappa shape index (κ1) is 13.3. The van der Waals surface area contributed by atoms with Crippen LogP contribution in [-0.2, 0) is 4.79 Å². The average molecular weight is 290 g/mol. The molecule has 110 valence electrons. The third kappa shape index (κ3) is 2.64. The molecule has 1 saturated carbocycles. The molecule has 2 aliphatic rings. The maximum Gasteiger partial charge on any atom is 0.321 e. The Morgan fingerprint density at radius 1 is 1.38 bits per heavy atom. The fourth-order valence-electron chi connectivity index (χ4n) is 2.37. The molecule has 8 heteroatoms. The van der Waals surface area contributed by atoms with Crippen LogP contribution in [0.5, 0.6) is 0 Å². The molecular formula is C13H14N4O4. The summed E-state index contributed by atoms with van der Waals surface area (Å²) in [5.74, 6) is -0.868. The Morgan fingerprint density at radius 3 is 2.62 bits per heavy atom. The molecule has 1 heterocycles. The molecule has 2 atom stereocenters. The van der Waals surface area contributed by atoms with Crippen LogP contribution in [0.15, 0.2) is 24.3 Å². The smallest absolute Gasteiger partial charge is 0.321 e. The quantitative estimate of drug-likeness (QED) is 0.632. The van der Waals surface area contributed by atoms with E-state index in [1.165, 1.54) is 0 Å². The van der Waals surface area contributed by atoms with Gasteiger partial charge in [-0.15, -0.1) is 0 Å². The van der Waals surface area contributed by atoms with E-state index in [0.29, 0.717) is 25.2 Å². The van der Waals surface area contributed by atoms with E-state index in [-0.39, 0.29) is 11.9 Å². The fraction of sp³-hybridized carbons (Fsp3) is 0.385. The highest BCUT2D eigenvalue weighted by atomic mass is 16.6. The molecule has 0 unspecified atom stereocenters. The van der Waals surface area contributed by atoms with Crippen LogP contribution in [0.4, 0.5) is 16.2 Å². The minimum Gasteiger partial charge on any atom is -0.336 e. The fourth-order valence-corrected chi connectivity index (χ4v) is 2.37. The van der Waals surface area contributed by atoms with E-state index < -0.39 is 16.9 Å². The summed E-state index contributed by atoms with van der Waals surface area (Å²) in [6.45, 7) is 1.22. The van der Waals surface area contributed by atoms with Gasteiger partial charge in [-0.2, -0.15) is 0 Å².